The van der Waals surface area contributed by atoms with Gasteiger partial charge in [0.15, 0.2) is 0 Å². The van der Waals surface area contributed by atoms with Crippen molar-refractivity contribution < 1.29 is 4.74 Å². The third kappa shape index (κ3) is 3.19. The van der Waals surface area contributed by atoms with E-state index in [1.54, 1.807) is 18.4 Å². The summed E-state index contributed by atoms with van der Waals surface area (Å²) in [7, 11) is 1.69. The summed E-state index contributed by atoms with van der Waals surface area (Å²) in [6.45, 7) is 0.937. The number of hydrogen-bond acceptors (Lipinski definition) is 4. The number of ether oxygens (including phenoxy) is 1. The Morgan fingerprint density at radius 2 is 2.20 bits per heavy atom. The zero-order valence-electron chi connectivity index (χ0n) is 11.8. The number of hydrogen-bond donors (Lipinski definition) is 1. The van der Waals surface area contributed by atoms with Crippen LogP contribution in [0.15, 0.2) is 30.5 Å². The molecule has 0 aliphatic heterocycles. The van der Waals surface area contributed by atoms with Crippen molar-refractivity contribution in [3.05, 3.63) is 35.3 Å². The van der Waals surface area contributed by atoms with E-state index in [1.807, 2.05) is 24.4 Å². The van der Waals surface area contributed by atoms with E-state index in [4.69, 9.17) is 4.74 Å². The van der Waals surface area contributed by atoms with E-state index in [-0.39, 0.29) is 0 Å². The van der Waals surface area contributed by atoms with Crippen molar-refractivity contribution in [3.63, 3.8) is 0 Å². The number of nitrogens with zero attached hydrogens (tertiary/aromatic N) is 1. The summed E-state index contributed by atoms with van der Waals surface area (Å²) in [5.41, 5.74) is 1.13. The van der Waals surface area contributed by atoms with E-state index >= 15 is 0 Å². The molecule has 0 atom stereocenters. The van der Waals surface area contributed by atoms with Gasteiger partial charge in [-0.15, -0.1) is 11.3 Å². The van der Waals surface area contributed by atoms with Crippen molar-refractivity contribution in [2.75, 3.05) is 7.11 Å². The molecule has 1 aromatic carbocycles. The van der Waals surface area contributed by atoms with Crippen LogP contribution in [0.3, 0.4) is 0 Å². The number of rotatable bonds is 5. The summed E-state index contributed by atoms with van der Waals surface area (Å²) >= 11 is 1.76. The molecule has 1 N–H and O–H groups in total. The standard InChI is InChI=1S/C16H20N2OS/c1-19-14-8-4-5-12(9-14)16-18-11-15(20-16)10-17-13-6-2-3-7-13/h4-5,8-9,11,13,17H,2-3,6-7,10H2,1H3. The molecule has 1 aromatic heterocycles. The zero-order chi connectivity index (χ0) is 13.8. The van der Waals surface area contributed by atoms with Gasteiger partial charge in [-0.1, -0.05) is 25.0 Å². The smallest absolute Gasteiger partial charge is 0.123 e. The highest BCUT2D eigenvalue weighted by molar-refractivity contribution is 7.15. The van der Waals surface area contributed by atoms with Gasteiger partial charge < -0.3 is 10.1 Å². The van der Waals surface area contributed by atoms with Gasteiger partial charge in [0.25, 0.3) is 0 Å². The van der Waals surface area contributed by atoms with Crippen LogP contribution >= 0.6 is 11.3 Å². The first-order chi connectivity index (χ1) is 9.85. The molecule has 3 nitrogen and oxygen atoms in total. The van der Waals surface area contributed by atoms with E-state index in [0.29, 0.717) is 6.04 Å². The van der Waals surface area contributed by atoms with Crippen molar-refractivity contribution in [1.29, 1.82) is 0 Å². The van der Waals surface area contributed by atoms with E-state index in [9.17, 15) is 0 Å². The topological polar surface area (TPSA) is 34.1 Å². The van der Waals surface area contributed by atoms with Crippen LogP contribution < -0.4 is 10.1 Å². The first-order valence-corrected chi connectivity index (χ1v) is 7.99. The molecule has 0 spiro atoms. The van der Waals surface area contributed by atoms with Crippen molar-refractivity contribution in [3.8, 4) is 16.3 Å². The SMILES string of the molecule is COc1cccc(-c2ncc(CNC3CCCC3)s2)c1. The molecule has 1 aliphatic rings. The van der Waals surface area contributed by atoms with Crippen molar-refractivity contribution >= 4 is 11.3 Å². The minimum atomic E-state index is 0.706. The Labute approximate surface area is 124 Å². The average Bonchev–Trinajstić information content (AvgIpc) is 3.16. The molecule has 2 aromatic rings. The van der Waals surface area contributed by atoms with Crippen molar-refractivity contribution in [2.24, 2.45) is 0 Å². The Hall–Kier alpha value is -1.39. The fourth-order valence-corrected chi connectivity index (χ4v) is 3.51. The third-order valence-electron chi connectivity index (χ3n) is 3.79. The second kappa shape index (κ2) is 6.37. The van der Waals surface area contributed by atoms with Crippen LogP contribution in [0.1, 0.15) is 30.6 Å². The highest BCUT2D eigenvalue weighted by Crippen LogP contribution is 2.28. The highest BCUT2D eigenvalue weighted by Gasteiger charge is 2.14. The zero-order valence-corrected chi connectivity index (χ0v) is 12.6. The quantitative estimate of drug-likeness (QED) is 0.907. The van der Waals surface area contributed by atoms with Gasteiger partial charge in [-0.2, -0.15) is 0 Å². The van der Waals surface area contributed by atoms with Gasteiger partial charge in [-0.25, -0.2) is 4.98 Å². The highest BCUT2D eigenvalue weighted by atomic mass is 32.1. The minimum absolute atomic E-state index is 0.706. The molecule has 0 amide bonds. The summed E-state index contributed by atoms with van der Waals surface area (Å²) < 4.78 is 5.26. The molecule has 1 saturated carbocycles. The third-order valence-corrected chi connectivity index (χ3v) is 4.84. The van der Waals surface area contributed by atoms with Gasteiger partial charge in [0.1, 0.15) is 10.8 Å². The Kier molecular flexibility index (Phi) is 4.33. The fraction of sp³-hybridized carbons (Fsp3) is 0.438. The van der Waals surface area contributed by atoms with Crippen LogP contribution in [-0.2, 0) is 6.54 Å². The predicted octanol–water partition coefficient (Wildman–Crippen LogP) is 3.85. The summed E-state index contributed by atoms with van der Waals surface area (Å²) in [5.74, 6) is 0.878. The van der Waals surface area contributed by atoms with Crippen LogP contribution in [0, 0.1) is 0 Å². The van der Waals surface area contributed by atoms with Gasteiger partial charge in [-0.05, 0) is 25.0 Å². The lowest BCUT2D eigenvalue weighted by molar-refractivity contribution is 0.415. The van der Waals surface area contributed by atoms with Gasteiger partial charge >= 0.3 is 0 Å². The molecule has 0 bridgehead atoms. The first kappa shape index (κ1) is 13.6. The molecule has 1 heterocycles. The maximum absolute atomic E-state index is 5.26. The van der Waals surface area contributed by atoms with Crippen LogP contribution in [0.25, 0.3) is 10.6 Å². The molecule has 1 fully saturated rings. The number of thiazole rings is 1. The Bertz CT molecular complexity index is 561. The first-order valence-electron chi connectivity index (χ1n) is 7.17. The van der Waals surface area contributed by atoms with Crippen LogP contribution in [-0.4, -0.2) is 18.1 Å². The summed E-state index contributed by atoms with van der Waals surface area (Å²) in [5, 5.41) is 4.69. The largest absolute Gasteiger partial charge is 0.497 e. The number of benzene rings is 1. The molecular formula is C16H20N2OS. The number of aromatic nitrogens is 1. The molecule has 3 rings (SSSR count). The van der Waals surface area contributed by atoms with Gasteiger partial charge in [0.05, 0.1) is 7.11 Å². The van der Waals surface area contributed by atoms with Gasteiger partial charge in [-0.3, -0.25) is 0 Å². The predicted molar refractivity (Wildman–Crippen MR) is 83.2 cm³/mol. The molecule has 0 radical (unpaired) electrons. The lowest BCUT2D eigenvalue weighted by Gasteiger charge is -2.09. The Balaban J connectivity index is 1.66. The van der Waals surface area contributed by atoms with E-state index in [2.05, 4.69) is 16.4 Å². The Morgan fingerprint density at radius 1 is 1.35 bits per heavy atom. The van der Waals surface area contributed by atoms with Gasteiger partial charge in [0.2, 0.25) is 0 Å². The van der Waals surface area contributed by atoms with E-state index in [1.165, 1.54) is 30.6 Å². The van der Waals surface area contributed by atoms with E-state index < -0.39 is 0 Å². The average molecular weight is 288 g/mol. The number of methoxy groups -OCH3 is 1. The fourth-order valence-electron chi connectivity index (χ4n) is 2.65. The molecule has 20 heavy (non-hydrogen) atoms. The maximum atomic E-state index is 5.26. The molecule has 106 valence electrons. The van der Waals surface area contributed by atoms with E-state index in [0.717, 1.165) is 22.9 Å². The lowest BCUT2D eigenvalue weighted by atomic mass is 10.2. The molecule has 0 saturated heterocycles. The monoisotopic (exact) mass is 288 g/mol. The van der Waals surface area contributed by atoms with Crippen molar-refractivity contribution in [2.45, 2.75) is 38.3 Å². The summed E-state index contributed by atoms with van der Waals surface area (Å²) in [6.07, 6.45) is 7.37. The number of nitrogens with one attached hydrogen (secondary N) is 1. The Morgan fingerprint density at radius 3 is 3.00 bits per heavy atom. The molecular weight excluding hydrogens is 268 g/mol. The maximum Gasteiger partial charge on any atom is 0.123 e. The van der Waals surface area contributed by atoms with Crippen LogP contribution in [0.2, 0.25) is 0 Å². The molecule has 1 aliphatic carbocycles. The summed E-state index contributed by atoms with van der Waals surface area (Å²) in [6, 6.07) is 8.78. The summed E-state index contributed by atoms with van der Waals surface area (Å²) in [4.78, 5) is 5.83. The second-order valence-corrected chi connectivity index (χ2v) is 6.34. The molecule has 0 unspecified atom stereocenters. The lowest BCUT2D eigenvalue weighted by Crippen LogP contribution is -2.24. The normalized spacial score (nSPS) is 15.7. The minimum Gasteiger partial charge on any atom is -0.497 e. The van der Waals surface area contributed by atoms with Crippen molar-refractivity contribution in [1.82, 2.24) is 10.3 Å². The molecule has 4 heteroatoms. The second-order valence-electron chi connectivity index (χ2n) is 5.23. The van der Waals surface area contributed by atoms with Crippen LogP contribution in [0.5, 0.6) is 5.75 Å². The van der Waals surface area contributed by atoms with Crippen LogP contribution in [0.4, 0.5) is 0 Å². The van der Waals surface area contributed by atoms with Gasteiger partial charge in [0, 0.05) is 29.2 Å².